The van der Waals surface area contributed by atoms with Crippen molar-refractivity contribution in [2.24, 2.45) is 11.7 Å². The number of hydrogen-bond donors (Lipinski definition) is 2. The van der Waals surface area contributed by atoms with Gasteiger partial charge in [-0.1, -0.05) is 13.8 Å². The molecule has 0 aliphatic rings. The Labute approximate surface area is 121 Å². The molecule has 114 valence electrons. The summed E-state index contributed by atoms with van der Waals surface area (Å²) >= 11 is 0. The van der Waals surface area contributed by atoms with Crippen molar-refractivity contribution < 1.29 is 13.2 Å². The van der Waals surface area contributed by atoms with Crippen LogP contribution in [0.25, 0.3) is 0 Å². The highest BCUT2D eigenvalue weighted by Gasteiger charge is 2.12. The molecule has 0 radical (unpaired) electrons. The van der Waals surface area contributed by atoms with E-state index in [2.05, 4.69) is 4.72 Å². The van der Waals surface area contributed by atoms with Crippen LogP contribution in [0.15, 0.2) is 18.2 Å². The smallest absolute Gasteiger partial charge is 0.232 e. The van der Waals surface area contributed by atoms with E-state index in [4.69, 9.17) is 10.5 Å². The van der Waals surface area contributed by atoms with Gasteiger partial charge in [0.2, 0.25) is 10.0 Å². The summed E-state index contributed by atoms with van der Waals surface area (Å²) in [7, 11) is -3.31. The second-order valence-electron chi connectivity index (χ2n) is 5.06. The van der Waals surface area contributed by atoms with E-state index in [0.29, 0.717) is 36.9 Å². The minimum atomic E-state index is -3.31. The number of benzene rings is 1. The molecule has 0 atom stereocenters. The van der Waals surface area contributed by atoms with Gasteiger partial charge >= 0.3 is 0 Å². The van der Waals surface area contributed by atoms with E-state index in [9.17, 15) is 8.42 Å². The molecule has 1 rings (SSSR count). The van der Waals surface area contributed by atoms with Crippen LogP contribution >= 0.6 is 0 Å². The molecule has 6 heteroatoms. The van der Waals surface area contributed by atoms with Crippen molar-refractivity contribution >= 4 is 15.7 Å². The van der Waals surface area contributed by atoms with Crippen molar-refractivity contribution in [2.45, 2.75) is 33.7 Å². The van der Waals surface area contributed by atoms with E-state index >= 15 is 0 Å². The van der Waals surface area contributed by atoms with Gasteiger partial charge in [0, 0.05) is 17.8 Å². The lowest BCUT2D eigenvalue weighted by molar-refractivity contribution is 0.336. The zero-order valence-electron chi connectivity index (χ0n) is 12.3. The second-order valence-corrected chi connectivity index (χ2v) is 6.90. The fourth-order valence-corrected chi connectivity index (χ4v) is 3.09. The molecule has 0 saturated carbocycles. The van der Waals surface area contributed by atoms with E-state index < -0.39 is 10.0 Å². The third-order valence-corrected chi connectivity index (χ3v) is 4.14. The third-order valence-electron chi connectivity index (χ3n) is 2.82. The largest absolute Gasteiger partial charge is 0.494 e. The summed E-state index contributed by atoms with van der Waals surface area (Å²) in [5.74, 6) is 1.17. The molecule has 0 aliphatic carbocycles. The minimum absolute atomic E-state index is 0.121. The van der Waals surface area contributed by atoms with Crippen LogP contribution in [0.2, 0.25) is 0 Å². The number of hydrogen-bond acceptors (Lipinski definition) is 4. The van der Waals surface area contributed by atoms with Crippen molar-refractivity contribution in [1.82, 2.24) is 0 Å². The van der Waals surface area contributed by atoms with Gasteiger partial charge in [0.05, 0.1) is 12.4 Å². The standard InChI is InChI=1S/C14H24N2O3S/c1-4-19-14-6-5-13(9-12(14)10-15)16-20(17,18)8-7-11(2)3/h5-6,9,11,16H,4,7-8,10,15H2,1-3H3. The normalized spacial score (nSPS) is 11.7. The topological polar surface area (TPSA) is 81.4 Å². The van der Waals surface area contributed by atoms with Gasteiger partial charge in [-0.2, -0.15) is 0 Å². The summed E-state index contributed by atoms with van der Waals surface area (Å²) in [5, 5.41) is 0. The van der Waals surface area contributed by atoms with Crippen LogP contribution in [-0.2, 0) is 16.6 Å². The maximum absolute atomic E-state index is 11.9. The molecule has 0 aromatic heterocycles. The molecular weight excluding hydrogens is 276 g/mol. The maximum atomic E-state index is 11.9. The lowest BCUT2D eigenvalue weighted by Crippen LogP contribution is -2.18. The predicted molar refractivity (Wildman–Crippen MR) is 82.4 cm³/mol. The van der Waals surface area contributed by atoms with Gasteiger partial charge in [0.25, 0.3) is 0 Å². The van der Waals surface area contributed by atoms with Gasteiger partial charge in [0.15, 0.2) is 0 Å². The SMILES string of the molecule is CCOc1ccc(NS(=O)(=O)CCC(C)C)cc1CN. The van der Waals surface area contributed by atoms with Crippen LogP contribution in [0.5, 0.6) is 5.75 Å². The van der Waals surface area contributed by atoms with Crippen molar-refractivity contribution in [3.8, 4) is 5.75 Å². The van der Waals surface area contributed by atoms with Crippen LogP contribution in [0, 0.1) is 5.92 Å². The molecule has 3 N–H and O–H groups in total. The Kier molecular flexibility index (Phi) is 6.29. The Morgan fingerprint density at radius 3 is 2.60 bits per heavy atom. The average molecular weight is 300 g/mol. The van der Waals surface area contributed by atoms with Crippen molar-refractivity contribution in [3.63, 3.8) is 0 Å². The number of nitrogens with two attached hydrogens (primary N) is 1. The monoisotopic (exact) mass is 300 g/mol. The second kappa shape index (κ2) is 7.50. The molecule has 0 saturated heterocycles. The maximum Gasteiger partial charge on any atom is 0.232 e. The minimum Gasteiger partial charge on any atom is -0.494 e. The Morgan fingerprint density at radius 1 is 1.35 bits per heavy atom. The van der Waals surface area contributed by atoms with Gasteiger partial charge in [-0.05, 0) is 37.5 Å². The van der Waals surface area contributed by atoms with Gasteiger partial charge in [-0.25, -0.2) is 8.42 Å². The number of ether oxygens (including phenoxy) is 1. The first kappa shape index (κ1) is 16.8. The molecule has 1 aromatic rings. The fourth-order valence-electron chi connectivity index (χ4n) is 1.72. The van der Waals surface area contributed by atoms with E-state index in [0.717, 1.165) is 5.56 Å². The van der Waals surface area contributed by atoms with E-state index in [1.807, 2.05) is 20.8 Å². The summed E-state index contributed by atoms with van der Waals surface area (Å²) in [6.45, 7) is 6.74. The Morgan fingerprint density at radius 2 is 2.05 bits per heavy atom. The third kappa shape index (κ3) is 5.38. The molecule has 20 heavy (non-hydrogen) atoms. The number of nitrogens with one attached hydrogen (secondary N) is 1. The van der Waals surface area contributed by atoms with Crippen molar-refractivity contribution in [2.75, 3.05) is 17.1 Å². The van der Waals surface area contributed by atoms with Gasteiger partial charge < -0.3 is 10.5 Å². The summed E-state index contributed by atoms with van der Waals surface area (Å²) < 4.78 is 31.9. The van der Waals surface area contributed by atoms with Crippen LogP contribution in [-0.4, -0.2) is 20.8 Å². The van der Waals surface area contributed by atoms with Gasteiger partial charge in [0.1, 0.15) is 5.75 Å². The Bertz CT molecular complexity index is 527. The van der Waals surface area contributed by atoms with Crippen molar-refractivity contribution in [3.05, 3.63) is 23.8 Å². The number of sulfonamides is 1. The highest BCUT2D eigenvalue weighted by Crippen LogP contribution is 2.23. The van der Waals surface area contributed by atoms with Crippen LogP contribution in [0.3, 0.4) is 0 Å². The lowest BCUT2D eigenvalue weighted by Gasteiger charge is -2.13. The van der Waals surface area contributed by atoms with Crippen LogP contribution < -0.4 is 15.2 Å². The Hall–Kier alpha value is -1.27. The predicted octanol–water partition coefficient (Wildman–Crippen LogP) is 2.33. The highest BCUT2D eigenvalue weighted by atomic mass is 32.2. The zero-order chi connectivity index (χ0) is 15.2. The van der Waals surface area contributed by atoms with E-state index in [-0.39, 0.29) is 5.75 Å². The summed E-state index contributed by atoms with van der Waals surface area (Å²) in [5.41, 5.74) is 6.97. The molecule has 0 amide bonds. The molecule has 0 spiro atoms. The van der Waals surface area contributed by atoms with Gasteiger partial charge in [-0.3, -0.25) is 4.72 Å². The average Bonchev–Trinajstić information content (AvgIpc) is 2.38. The molecule has 0 unspecified atom stereocenters. The number of anilines is 1. The summed E-state index contributed by atoms with van der Waals surface area (Å²) in [4.78, 5) is 0. The zero-order valence-corrected chi connectivity index (χ0v) is 13.2. The highest BCUT2D eigenvalue weighted by molar-refractivity contribution is 7.92. The molecule has 0 fully saturated rings. The first-order chi connectivity index (χ1) is 9.38. The molecular formula is C14H24N2O3S. The first-order valence-corrected chi connectivity index (χ1v) is 8.49. The molecule has 0 aliphatic heterocycles. The van der Waals surface area contributed by atoms with E-state index in [1.165, 1.54) is 0 Å². The lowest BCUT2D eigenvalue weighted by atomic mass is 10.2. The Balaban J connectivity index is 2.82. The van der Waals surface area contributed by atoms with E-state index in [1.54, 1.807) is 18.2 Å². The fraction of sp³-hybridized carbons (Fsp3) is 0.571. The van der Waals surface area contributed by atoms with Crippen molar-refractivity contribution in [1.29, 1.82) is 0 Å². The molecule has 1 aromatic carbocycles. The number of rotatable bonds is 8. The molecule has 0 heterocycles. The van der Waals surface area contributed by atoms with Crippen LogP contribution in [0.1, 0.15) is 32.8 Å². The van der Waals surface area contributed by atoms with Gasteiger partial charge in [-0.15, -0.1) is 0 Å². The molecule has 0 bridgehead atoms. The first-order valence-electron chi connectivity index (χ1n) is 6.84. The van der Waals surface area contributed by atoms with Crippen LogP contribution in [0.4, 0.5) is 5.69 Å². The summed E-state index contributed by atoms with van der Waals surface area (Å²) in [6, 6.07) is 5.15. The quantitative estimate of drug-likeness (QED) is 0.772. The molecule has 5 nitrogen and oxygen atoms in total. The summed E-state index contributed by atoms with van der Waals surface area (Å²) in [6.07, 6.45) is 0.635.